The van der Waals surface area contributed by atoms with Crippen LogP contribution in [0.25, 0.3) is 5.70 Å². The SMILES string of the molecule is COc1cc2c(cc1OC)C1=C[C@@H](c3ccc(C(C)(C)C)cc3)C3=C(CC(C)(C)CC3=O)N1CC2. The van der Waals surface area contributed by atoms with Crippen molar-refractivity contribution >= 4 is 11.5 Å². The fourth-order valence-electron chi connectivity index (χ4n) is 5.91. The third kappa shape index (κ3) is 4.07. The second-order valence-electron chi connectivity index (χ2n) is 12.0. The van der Waals surface area contributed by atoms with Gasteiger partial charge in [0.25, 0.3) is 0 Å². The van der Waals surface area contributed by atoms with Gasteiger partial charge in [0.2, 0.25) is 0 Å². The van der Waals surface area contributed by atoms with Crippen molar-refractivity contribution in [2.24, 2.45) is 5.41 Å². The monoisotopic (exact) mass is 471 g/mol. The third-order valence-corrected chi connectivity index (χ3v) is 7.77. The molecular weight excluding hydrogens is 434 g/mol. The molecule has 4 heteroatoms. The van der Waals surface area contributed by atoms with Crippen molar-refractivity contribution in [1.82, 2.24) is 4.90 Å². The van der Waals surface area contributed by atoms with Crippen LogP contribution in [0, 0.1) is 5.41 Å². The molecule has 1 aliphatic carbocycles. The Hall–Kier alpha value is -3.01. The minimum absolute atomic E-state index is 0.0448. The van der Waals surface area contributed by atoms with Gasteiger partial charge >= 0.3 is 0 Å². The number of hydrogen-bond donors (Lipinski definition) is 0. The molecule has 2 aromatic carbocycles. The molecule has 0 amide bonds. The quantitative estimate of drug-likeness (QED) is 0.503. The van der Waals surface area contributed by atoms with Crippen LogP contribution in [0.15, 0.2) is 53.7 Å². The van der Waals surface area contributed by atoms with Crippen molar-refractivity contribution in [3.8, 4) is 11.5 Å². The van der Waals surface area contributed by atoms with E-state index in [0.29, 0.717) is 6.42 Å². The molecule has 4 nitrogen and oxygen atoms in total. The number of carbonyl (C=O) groups is 1. The van der Waals surface area contributed by atoms with Gasteiger partial charge in [0, 0.05) is 41.4 Å². The predicted octanol–water partition coefficient (Wildman–Crippen LogP) is 6.64. The normalized spacial score (nSPS) is 21.1. The summed E-state index contributed by atoms with van der Waals surface area (Å²) in [7, 11) is 3.37. The van der Waals surface area contributed by atoms with Gasteiger partial charge in [0.05, 0.1) is 14.2 Å². The predicted molar refractivity (Wildman–Crippen MR) is 141 cm³/mol. The highest BCUT2D eigenvalue weighted by atomic mass is 16.5. The Morgan fingerprint density at radius 2 is 1.63 bits per heavy atom. The molecule has 35 heavy (non-hydrogen) atoms. The first-order valence-corrected chi connectivity index (χ1v) is 12.6. The minimum Gasteiger partial charge on any atom is -0.493 e. The summed E-state index contributed by atoms with van der Waals surface area (Å²) in [5.41, 5.74) is 8.33. The van der Waals surface area contributed by atoms with E-state index in [1.807, 2.05) is 0 Å². The molecule has 184 valence electrons. The molecule has 0 aromatic heterocycles. The number of carbonyl (C=O) groups excluding carboxylic acids is 1. The number of ether oxygens (including phenoxy) is 2. The van der Waals surface area contributed by atoms with Crippen molar-refractivity contribution in [2.45, 2.75) is 65.2 Å². The summed E-state index contributed by atoms with van der Waals surface area (Å²) in [6.45, 7) is 12.0. The van der Waals surface area contributed by atoms with Crippen LogP contribution in [0.3, 0.4) is 0 Å². The van der Waals surface area contributed by atoms with E-state index in [4.69, 9.17) is 9.47 Å². The van der Waals surface area contributed by atoms with Crippen LogP contribution in [0.2, 0.25) is 0 Å². The summed E-state index contributed by atoms with van der Waals surface area (Å²) in [6.07, 6.45) is 4.72. The lowest BCUT2D eigenvalue weighted by Crippen LogP contribution is -2.40. The highest BCUT2D eigenvalue weighted by Gasteiger charge is 2.42. The van der Waals surface area contributed by atoms with Crippen molar-refractivity contribution in [1.29, 1.82) is 0 Å². The van der Waals surface area contributed by atoms with Crippen LogP contribution in [0.4, 0.5) is 0 Å². The zero-order valence-electron chi connectivity index (χ0n) is 22.1. The second kappa shape index (κ2) is 8.29. The van der Waals surface area contributed by atoms with Gasteiger partial charge in [-0.2, -0.15) is 0 Å². The fourth-order valence-corrected chi connectivity index (χ4v) is 5.91. The highest BCUT2D eigenvalue weighted by Crippen LogP contribution is 2.51. The number of nitrogens with zero attached hydrogens (tertiary/aromatic N) is 1. The van der Waals surface area contributed by atoms with E-state index >= 15 is 0 Å². The molecule has 0 N–H and O–H groups in total. The van der Waals surface area contributed by atoms with E-state index in [0.717, 1.165) is 36.5 Å². The van der Waals surface area contributed by atoms with Crippen LogP contribution in [-0.4, -0.2) is 31.4 Å². The largest absolute Gasteiger partial charge is 0.493 e. The molecule has 3 aliphatic rings. The molecule has 0 saturated heterocycles. The molecule has 2 aliphatic heterocycles. The Morgan fingerprint density at radius 3 is 2.26 bits per heavy atom. The van der Waals surface area contributed by atoms with Crippen molar-refractivity contribution in [3.63, 3.8) is 0 Å². The van der Waals surface area contributed by atoms with Gasteiger partial charge < -0.3 is 14.4 Å². The lowest BCUT2D eigenvalue weighted by atomic mass is 9.69. The van der Waals surface area contributed by atoms with Crippen LogP contribution in [-0.2, 0) is 16.6 Å². The summed E-state index contributed by atoms with van der Waals surface area (Å²) in [5, 5.41) is 0. The molecular formula is C31H37NO3. The topological polar surface area (TPSA) is 38.8 Å². The standard InChI is InChI=1S/C31H37NO3/c1-30(2,3)21-10-8-19(9-11-21)23-15-24-22-16-28(35-7)27(34-6)14-20(22)12-13-32(24)25-17-31(4,5)18-26(33)29(23)25/h8-11,14-16,23H,12-13,17-18H2,1-7H3/t23-/m0/s1. The van der Waals surface area contributed by atoms with Crippen LogP contribution in [0.1, 0.15) is 75.6 Å². The number of benzene rings is 2. The van der Waals surface area contributed by atoms with Gasteiger partial charge in [0.1, 0.15) is 0 Å². The van der Waals surface area contributed by atoms with Gasteiger partial charge in [-0.05, 0) is 58.6 Å². The number of methoxy groups -OCH3 is 2. The smallest absolute Gasteiger partial charge is 0.162 e. The number of fused-ring (bicyclic) bond motifs is 4. The van der Waals surface area contributed by atoms with Crippen molar-refractivity contribution in [2.75, 3.05) is 20.8 Å². The lowest BCUT2D eigenvalue weighted by Gasteiger charge is -2.46. The van der Waals surface area contributed by atoms with Gasteiger partial charge in [-0.15, -0.1) is 0 Å². The first-order valence-electron chi connectivity index (χ1n) is 12.6. The van der Waals surface area contributed by atoms with E-state index in [1.54, 1.807) is 14.2 Å². The van der Waals surface area contributed by atoms with Crippen LogP contribution < -0.4 is 9.47 Å². The summed E-state index contributed by atoms with van der Waals surface area (Å²) in [4.78, 5) is 16.0. The van der Waals surface area contributed by atoms with E-state index < -0.39 is 0 Å². The summed E-state index contributed by atoms with van der Waals surface area (Å²) < 4.78 is 11.2. The van der Waals surface area contributed by atoms with Gasteiger partial charge in [-0.1, -0.05) is 58.9 Å². The van der Waals surface area contributed by atoms with E-state index in [2.05, 4.69) is 82.0 Å². The third-order valence-electron chi connectivity index (χ3n) is 7.77. The average molecular weight is 472 g/mol. The Labute approximate surface area is 209 Å². The number of ketones is 1. The molecule has 0 bridgehead atoms. The summed E-state index contributed by atoms with van der Waals surface area (Å²) in [5.74, 6) is 1.74. The maximum atomic E-state index is 13.6. The zero-order valence-corrected chi connectivity index (χ0v) is 22.1. The minimum atomic E-state index is -0.0482. The Kier molecular flexibility index (Phi) is 5.62. The summed E-state index contributed by atoms with van der Waals surface area (Å²) >= 11 is 0. The molecule has 0 saturated carbocycles. The molecule has 0 fully saturated rings. The van der Waals surface area contributed by atoms with E-state index in [9.17, 15) is 4.79 Å². The van der Waals surface area contributed by atoms with Crippen LogP contribution >= 0.6 is 0 Å². The van der Waals surface area contributed by atoms with E-state index in [1.165, 1.54) is 33.6 Å². The van der Waals surface area contributed by atoms with Gasteiger partial charge in [-0.25, -0.2) is 0 Å². The zero-order chi connectivity index (χ0) is 25.1. The Balaban J connectivity index is 1.68. The number of rotatable bonds is 3. The van der Waals surface area contributed by atoms with Crippen molar-refractivity contribution in [3.05, 3.63) is 76.0 Å². The first kappa shape index (κ1) is 23.7. The molecule has 0 unspecified atom stereocenters. The second-order valence-corrected chi connectivity index (χ2v) is 12.0. The van der Waals surface area contributed by atoms with Gasteiger partial charge in [0.15, 0.2) is 17.3 Å². The molecule has 0 spiro atoms. The average Bonchev–Trinajstić information content (AvgIpc) is 2.81. The molecule has 1 atom stereocenters. The van der Waals surface area contributed by atoms with Crippen LogP contribution in [0.5, 0.6) is 11.5 Å². The lowest BCUT2D eigenvalue weighted by molar-refractivity contribution is -0.118. The highest BCUT2D eigenvalue weighted by molar-refractivity contribution is 6.01. The summed E-state index contributed by atoms with van der Waals surface area (Å²) in [6, 6.07) is 13.1. The molecule has 2 aromatic rings. The molecule has 5 rings (SSSR count). The fraction of sp³-hybridized carbons (Fsp3) is 0.452. The number of allylic oxidation sites excluding steroid dienone is 3. The van der Waals surface area contributed by atoms with Crippen molar-refractivity contribution < 1.29 is 14.3 Å². The molecule has 2 heterocycles. The maximum absolute atomic E-state index is 13.6. The molecule has 0 radical (unpaired) electrons. The maximum Gasteiger partial charge on any atom is 0.162 e. The Bertz CT molecular complexity index is 1240. The Morgan fingerprint density at radius 1 is 0.971 bits per heavy atom. The van der Waals surface area contributed by atoms with Gasteiger partial charge in [-0.3, -0.25) is 4.79 Å². The van der Waals surface area contributed by atoms with E-state index in [-0.39, 0.29) is 22.5 Å². The number of hydrogen-bond acceptors (Lipinski definition) is 4. The first-order chi connectivity index (χ1) is 16.5. The number of Topliss-reactive ketones (excluding diaryl/α,β-unsaturated/α-hetero) is 1.